The molecule has 0 saturated heterocycles. The maximum atomic E-state index is 11.9. The lowest BCUT2D eigenvalue weighted by molar-refractivity contribution is 0.0921. The number of ketones is 1. The van der Waals surface area contributed by atoms with Gasteiger partial charge in [-0.25, -0.2) is 0 Å². The molecule has 0 heterocycles. The Labute approximate surface area is 124 Å². The smallest absolute Gasteiger partial charge is 0.200 e. The predicted molar refractivity (Wildman–Crippen MR) is 80.8 cm³/mol. The fourth-order valence-electron chi connectivity index (χ4n) is 1.55. The van der Waals surface area contributed by atoms with E-state index >= 15 is 0 Å². The zero-order valence-corrected chi connectivity index (χ0v) is 12.2. The summed E-state index contributed by atoms with van der Waals surface area (Å²) in [6.07, 6.45) is 0.744. The second-order valence-corrected chi connectivity index (χ2v) is 5.15. The van der Waals surface area contributed by atoms with E-state index in [4.69, 9.17) is 4.74 Å². The van der Waals surface area contributed by atoms with Crippen LogP contribution in [0.2, 0.25) is 0 Å². The highest BCUT2D eigenvalue weighted by Crippen LogP contribution is 2.13. The first-order valence-electron chi connectivity index (χ1n) is 5.66. The van der Waals surface area contributed by atoms with E-state index in [1.54, 1.807) is 36.4 Å². The Kier molecular flexibility index (Phi) is 4.68. The molecule has 0 aliphatic heterocycles. The number of carbonyl (C=O) groups is 2. The van der Waals surface area contributed by atoms with Crippen molar-refractivity contribution in [1.29, 1.82) is 0 Å². The lowest BCUT2D eigenvalue weighted by Crippen LogP contribution is -2.11. The number of aldehydes is 1. The molecular weight excluding hydrogens is 355 g/mol. The van der Waals surface area contributed by atoms with Gasteiger partial charge in [-0.3, -0.25) is 9.59 Å². The molecule has 2 aromatic carbocycles. The van der Waals surface area contributed by atoms with Crippen LogP contribution in [0.3, 0.4) is 0 Å². The third kappa shape index (κ3) is 3.89. The molecule has 3 nitrogen and oxygen atoms in total. The van der Waals surface area contributed by atoms with Crippen molar-refractivity contribution in [1.82, 2.24) is 0 Å². The Hall–Kier alpha value is -1.69. The standard InChI is InChI=1S/C15H11IO3/c16-13-6-4-12(5-7-13)15(18)10-19-14-3-1-2-11(8-14)9-17/h1-9H,10H2. The van der Waals surface area contributed by atoms with Gasteiger partial charge in [0, 0.05) is 14.7 Å². The van der Waals surface area contributed by atoms with Gasteiger partial charge in [-0.2, -0.15) is 0 Å². The number of hydrogen-bond donors (Lipinski definition) is 0. The molecule has 2 rings (SSSR count). The lowest BCUT2D eigenvalue weighted by Gasteiger charge is -2.06. The van der Waals surface area contributed by atoms with Crippen LogP contribution in [0.25, 0.3) is 0 Å². The normalized spacial score (nSPS) is 9.95. The van der Waals surface area contributed by atoms with Crippen LogP contribution in [0.4, 0.5) is 0 Å². The SMILES string of the molecule is O=Cc1cccc(OCC(=O)c2ccc(I)cc2)c1. The lowest BCUT2D eigenvalue weighted by atomic mass is 10.1. The van der Waals surface area contributed by atoms with Crippen molar-refractivity contribution in [3.05, 3.63) is 63.2 Å². The van der Waals surface area contributed by atoms with Crippen LogP contribution < -0.4 is 4.74 Å². The molecule has 0 amide bonds. The number of hydrogen-bond acceptors (Lipinski definition) is 3. The molecule has 0 unspecified atom stereocenters. The largest absolute Gasteiger partial charge is 0.485 e. The average molecular weight is 366 g/mol. The zero-order valence-electron chi connectivity index (χ0n) is 10.0. The van der Waals surface area contributed by atoms with Crippen LogP contribution in [-0.4, -0.2) is 18.7 Å². The van der Waals surface area contributed by atoms with Crippen LogP contribution in [0.5, 0.6) is 5.75 Å². The fourth-order valence-corrected chi connectivity index (χ4v) is 1.91. The van der Waals surface area contributed by atoms with Crippen molar-refractivity contribution in [2.24, 2.45) is 0 Å². The van der Waals surface area contributed by atoms with E-state index in [0.717, 1.165) is 9.86 Å². The van der Waals surface area contributed by atoms with Gasteiger partial charge < -0.3 is 4.74 Å². The minimum absolute atomic E-state index is 0.0388. The van der Waals surface area contributed by atoms with Crippen molar-refractivity contribution in [2.75, 3.05) is 6.61 Å². The second-order valence-electron chi connectivity index (χ2n) is 3.91. The van der Waals surface area contributed by atoms with Gasteiger partial charge in [0.15, 0.2) is 12.4 Å². The van der Waals surface area contributed by atoms with Crippen molar-refractivity contribution in [3.8, 4) is 5.75 Å². The Morgan fingerprint density at radius 3 is 2.58 bits per heavy atom. The van der Waals surface area contributed by atoms with Gasteiger partial charge in [0.05, 0.1) is 0 Å². The maximum absolute atomic E-state index is 11.9. The molecule has 0 radical (unpaired) electrons. The van der Waals surface area contributed by atoms with E-state index in [0.29, 0.717) is 16.9 Å². The first-order chi connectivity index (χ1) is 9.19. The number of carbonyl (C=O) groups excluding carboxylic acids is 2. The van der Waals surface area contributed by atoms with Crippen LogP contribution in [-0.2, 0) is 0 Å². The molecule has 2 aromatic rings. The minimum Gasteiger partial charge on any atom is -0.485 e. The predicted octanol–water partition coefficient (Wildman–Crippen LogP) is 3.37. The third-order valence-corrected chi connectivity index (χ3v) is 3.25. The molecule has 0 aliphatic rings. The van der Waals surface area contributed by atoms with Gasteiger partial charge in [-0.15, -0.1) is 0 Å². The van der Waals surface area contributed by atoms with Crippen LogP contribution in [0, 0.1) is 3.57 Å². The second kappa shape index (κ2) is 6.47. The summed E-state index contributed by atoms with van der Waals surface area (Å²) in [7, 11) is 0. The molecule has 0 aliphatic carbocycles. The molecule has 0 atom stereocenters. The van der Waals surface area contributed by atoms with Gasteiger partial charge in [-0.05, 0) is 46.9 Å². The summed E-state index contributed by atoms with van der Waals surface area (Å²) in [5.41, 5.74) is 1.14. The molecule has 96 valence electrons. The topological polar surface area (TPSA) is 43.4 Å². The van der Waals surface area contributed by atoms with Crippen molar-refractivity contribution < 1.29 is 14.3 Å². The first-order valence-corrected chi connectivity index (χ1v) is 6.74. The molecule has 0 fully saturated rings. The number of Topliss-reactive ketones (excluding diaryl/α,β-unsaturated/α-hetero) is 1. The van der Waals surface area contributed by atoms with Gasteiger partial charge in [0.1, 0.15) is 12.0 Å². The quantitative estimate of drug-likeness (QED) is 0.463. The fraction of sp³-hybridized carbons (Fsp3) is 0.0667. The Balaban J connectivity index is 2.00. The molecule has 0 spiro atoms. The molecule has 0 saturated carbocycles. The van der Waals surface area contributed by atoms with Crippen LogP contribution in [0.1, 0.15) is 20.7 Å². The minimum atomic E-state index is -0.0899. The number of ether oxygens (including phenoxy) is 1. The highest BCUT2D eigenvalue weighted by molar-refractivity contribution is 14.1. The monoisotopic (exact) mass is 366 g/mol. The summed E-state index contributed by atoms with van der Waals surface area (Å²) in [5, 5.41) is 0. The van der Waals surface area contributed by atoms with Gasteiger partial charge in [0.2, 0.25) is 0 Å². The Bertz CT molecular complexity index is 591. The van der Waals surface area contributed by atoms with Crippen LogP contribution >= 0.6 is 22.6 Å². The summed E-state index contributed by atoms with van der Waals surface area (Å²) in [6, 6.07) is 14.0. The third-order valence-electron chi connectivity index (χ3n) is 2.53. The molecule has 0 aromatic heterocycles. The number of benzene rings is 2. The van der Waals surface area contributed by atoms with Crippen molar-refractivity contribution >= 4 is 34.7 Å². The van der Waals surface area contributed by atoms with Gasteiger partial charge >= 0.3 is 0 Å². The first kappa shape index (κ1) is 13.7. The molecular formula is C15H11IO3. The highest BCUT2D eigenvalue weighted by Gasteiger charge is 2.06. The van der Waals surface area contributed by atoms with E-state index in [9.17, 15) is 9.59 Å². The van der Waals surface area contributed by atoms with Gasteiger partial charge in [-0.1, -0.05) is 24.3 Å². The maximum Gasteiger partial charge on any atom is 0.200 e. The molecule has 0 N–H and O–H groups in total. The van der Waals surface area contributed by atoms with E-state index in [-0.39, 0.29) is 12.4 Å². The summed E-state index contributed by atoms with van der Waals surface area (Å²) in [5.74, 6) is 0.427. The summed E-state index contributed by atoms with van der Waals surface area (Å²) in [4.78, 5) is 22.5. The molecule has 0 bridgehead atoms. The van der Waals surface area contributed by atoms with Crippen molar-refractivity contribution in [2.45, 2.75) is 0 Å². The van der Waals surface area contributed by atoms with E-state index in [1.807, 2.05) is 12.1 Å². The Morgan fingerprint density at radius 2 is 1.89 bits per heavy atom. The number of halogens is 1. The number of rotatable bonds is 5. The van der Waals surface area contributed by atoms with E-state index in [1.165, 1.54) is 0 Å². The van der Waals surface area contributed by atoms with Crippen molar-refractivity contribution in [3.63, 3.8) is 0 Å². The summed E-state index contributed by atoms with van der Waals surface area (Å²) < 4.78 is 6.46. The zero-order chi connectivity index (χ0) is 13.7. The van der Waals surface area contributed by atoms with Crippen LogP contribution in [0.15, 0.2) is 48.5 Å². The molecule has 4 heteroatoms. The van der Waals surface area contributed by atoms with Gasteiger partial charge in [0.25, 0.3) is 0 Å². The summed E-state index contributed by atoms with van der Waals surface area (Å²) in [6.45, 7) is -0.0388. The highest BCUT2D eigenvalue weighted by atomic mass is 127. The average Bonchev–Trinajstić information content (AvgIpc) is 2.46. The molecule has 19 heavy (non-hydrogen) atoms. The summed E-state index contributed by atoms with van der Waals surface area (Å²) >= 11 is 2.18. The Morgan fingerprint density at radius 1 is 1.16 bits per heavy atom. The van der Waals surface area contributed by atoms with E-state index in [2.05, 4.69) is 22.6 Å². The van der Waals surface area contributed by atoms with E-state index < -0.39 is 0 Å².